The molecule has 1 aromatic rings. The van der Waals surface area contributed by atoms with Crippen LogP contribution in [-0.4, -0.2) is 13.7 Å². The van der Waals surface area contributed by atoms with Gasteiger partial charge in [-0.2, -0.15) is 0 Å². The van der Waals surface area contributed by atoms with Gasteiger partial charge in [-0.25, -0.2) is 0 Å². The lowest BCUT2D eigenvalue weighted by atomic mass is 10.2. The maximum absolute atomic E-state index is 8.07. The van der Waals surface area contributed by atoms with Gasteiger partial charge in [0, 0.05) is 23.4 Å². The molecule has 1 aromatic heterocycles. The van der Waals surface area contributed by atoms with Crippen LogP contribution in [0.5, 0.6) is 0 Å². The first-order valence-corrected chi connectivity index (χ1v) is 5.48. The van der Waals surface area contributed by atoms with E-state index in [9.17, 15) is 0 Å². The lowest BCUT2D eigenvalue weighted by Crippen LogP contribution is -1.80. The number of methoxy groups -OCH3 is 1. The molecule has 15 heavy (non-hydrogen) atoms. The van der Waals surface area contributed by atoms with Crippen LogP contribution >= 0.6 is 11.3 Å². The van der Waals surface area contributed by atoms with E-state index in [0.717, 1.165) is 6.42 Å². The van der Waals surface area contributed by atoms with Gasteiger partial charge in [-0.1, -0.05) is 17.3 Å². The zero-order chi connectivity index (χ0) is 10.9. The van der Waals surface area contributed by atoms with Crippen LogP contribution in [0.2, 0.25) is 0 Å². The molecule has 1 rings (SSSR count). The van der Waals surface area contributed by atoms with Crippen LogP contribution in [0, 0.1) is 0 Å². The molecule has 0 aliphatic heterocycles. The Morgan fingerprint density at radius 3 is 3.27 bits per heavy atom. The molecule has 0 aromatic carbocycles. The molecule has 5 heteroatoms. The third-order valence-corrected chi connectivity index (χ3v) is 2.66. The molecule has 0 N–H and O–H groups in total. The molecule has 80 valence electrons. The van der Waals surface area contributed by atoms with Gasteiger partial charge in [-0.05, 0) is 29.0 Å². The van der Waals surface area contributed by atoms with Crippen molar-refractivity contribution < 1.29 is 4.74 Å². The summed E-state index contributed by atoms with van der Waals surface area (Å²) in [5, 5.41) is 5.53. The van der Waals surface area contributed by atoms with Gasteiger partial charge in [0.05, 0.1) is 6.61 Å². The molecule has 0 saturated carbocycles. The summed E-state index contributed by atoms with van der Waals surface area (Å²) in [6, 6.07) is 2.10. The second kappa shape index (κ2) is 7.06. The fraction of sp³-hybridized carbons (Fsp3) is 0.400. The minimum atomic E-state index is 0.516. The number of thiophene rings is 1. The molecular formula is C10H13N3OS. The number of hydrogen-bond donors (Lipinski definition) is 0. The first-order valence-electron chi connectivity index (χ1n) is 4.60. The summed E-state index contributed by atoms with van der Waals surface area (Å²) >= 11 is 1.68. The highest BCUT2D eigenvalue weighted by Gasteiger charge is 1.95. The fourth-order valence-corrected chi connectivity index (χ4v) is 1.92. The third kappa shape index (κ3) is 4.65. The van der Waals surface area contributed by atoms with Gasteiger partial charge in [0.15, 0.2) is 0 Å². The molecule has 0 fully saturated rings. The number of nitrogens with zero attached hydrogens (tertiary/aromatic N) is 3. The van der Waals surface area contributed by atoms with Gasteiger partial charge in [0.2, 0.25) is 0 Å². The Hall–Kier alpha value is -1.29. The van der Waals surface area contributed by atoms with E-state index in [0.29, 0.717) is 13.2 Å². The van der Waals surface area contributed by atoms with Crippen molar-refractivity contribution in [2.24, 2.45) is 5.11 Å². The monoisotopic (exact) mass is 223 g/mol. The van der Waals surface area contributed by atoms with Crippen molar-refractivity contribution in [1.29, 1.82) is 0 Å². The molecule has 4 nitrogen and oxygen atoms in total. The number of rotatable bonds is 6. The zero-order valence-electron chi connectivity index (χ0n) is 8.59. The lowest BCUT2D eigenvalue weighted by Gasteiger charge is -1.90. The average molecular weight is 223 g/mol. The van der Waals surface area contributed by atoms with Crippen molar-refractivity contribution in [3.05, 3.63) is 38.4 Å². The van der Waals surface area contributed by atoms with Crippen LogP contribution in [0.4, 0.5) is 0 Å². The highest BCUT2D eigenvalue weighted by molar-refractivity contribution is 7.10. The Kier molecular flexibility index (Phi) is 5.55. The van der Waals surface area contributed by atoms with E-state index < -0.39 is 0 Å². The Labute approximate surface area is 92.8 Å². The quantitative estimate of drug-likeness (QED) is 0.314. The maximum atomic E-state index is 8.07. The first kappa shape index (κ1) is 11.8. The number of hydrogen-bond acceptors (Lipinski definition) is 3. The van der Waals surface area contributed by atoms with Crippen molar-refractivity contribution in [3.63, 3.8) is 0 Å². The van der Waals surface area contributed by atoms with Crippen LogP contribution in [0.3, 0.4) is 0 Å². The topological polar surface area (TPSA) is 58.0 Å². The molecule has 0 bridgehead atoms. The maximum Gasteiger partial charge on any atom is 0.0805 e. The third-order valence-electron chi connectivity index (χ3n) is 1.73. The Morgan fingerprint density at radius 2 is 2.53 bits per heavy atom. The minimum Gasteiger partial charge on any atom is -0.379 e. The minimum absolute atomic E-state index is 0.516. The normalized spacial score (nSPS) is 10.5. The largest absolute Gasteiger partial charge is 0.379 e. The van der Waals surface area contributed by atoms with Crippen molar-refractivity contribution in [2.75, 3.05) is 13.7 Å². The van der Waals surface area contributed by atoms with Gasteiger partial charge >= 0.3 is 0 Å². The van der Waals surface area contributed by atoms with Gasteiger partial charge in [-0.15, -0.1) is 11.3 Å². The molecule has 0 atom stereocenters. The van der Waals surface area contributed by atoms with E-state index in [-0.39, 0.29) is 0 Å². The first-order chi connectivity index (χ1) is 7.36. The lowest BCUT2D eigenvalue weighted by molar-refractivity contribution is 0.187. The Bertz CT molecular complexity index is 366. The van der Waals surface area contributed by atoms with Gasteiger partial charge < -0.3 is 4.74 Å². The van der Waals surface area contributed by atoms with Crippen molar-refractivity contribution >= 4 is 17.4 Å². The zero-order valence-corrected chi connectivity index (χ0v) is 9.41. The van der Waals surface area contributed by atoms with Crippen molar-refractivity contribution in [1.82, 2.24) is 0 Å². The summed E-state index contributed by atoms with van der Waals surface area (Å²) in [5.41, 5.74) is 9.24. The molecule has 0 aliphatic rings. The predicted octanol–water partition coefficient (Wildman–Crippen LogP) is 3.61. The van der Waals surface area contributed by atoms with E-state index in [1.54, 1.807) is 18.4 Å². The summed E-state index contributed by atoms with van der Waals surface area (Å²) in [7, 11) is 1.69. The summed E-state index contributed by atoms with van der Waals surface area (Å²) < 4.78 is 5.03. The molecule has 1 heterocycles. The van der Waals surface area contributed by atoms with E-state index in [1.807, 2.05) is 12.2 Å². The average Bonchev–Trinajstić information content (AvgIpc) is 2.66. The standard InChI is InChI=1S/C10H13N3OS/c1-14-7-10-6-9(8-15-10)4-2-3-5-12-13-11/h2,4,6,8H,3,5,7H2,1H3. The second-order valence-corrected chi connectivity index (χ2v) is 3.92. The summed E-state index contributed by atoms with van der Waals surface area (Å²) in [6.45, 7) is 1.18. The molecule has 0 unspecified atom stereocenters. The van der Waals surface area contributed by atoms with Crippen molar-refractivity contribution in [2.45, 2.75) is 13.0 Å². The number of ether oxygens (including phenoxy) is 1. The van der Waals surface area contributed by atoms with Crippen LogP contribution in [0.1, 0.15) is 16.9 Å². The van der Waals surface area contributed by atoms with E-state index in [1.165, 1.54) is 10.4 Å². The number of azide groups is 1. The molecule has 0 saturated heterocycles. The van der Waals surface area contributed by atoms with E-state index in [4.69, 9.17) is 10.3 Å². The molecule has 0 aliphatic carbocycles. The molecular weight excluding hydrogens is 210 g/mol. The SMILES string of the molecule is COCc1cc(C=CCCN=[N+]=[N-])cs1. The van der Waals surface area contributed by atoms with E-state index >= 15 is 0 Å². The molecule has 0 radical (unpaired) electrons. The fourth-order valence-electron chi connectivity index (χ4n) is 1.10. The predicted molar refractivity (Wildman–Crippen MR) is 62.7 cm³/mol. The summed E-state index contributed by atoms with van der Waals surface area (Å²) in [5.74, 6) is 0. The summed E-state index contributed by atoms with van der Waals surface area (Å²) in [6.07, 6.45) is 4.81. The van der Waals surface area contributed by atoms with E-state index in [2.05, 4.69) is 21.5 Å². The Morgan fingerprint density at radius 1 is 1.67 bits per heavy atom. The van der Waals surface area contributed by atoms with Crippen LogP contribution < -0.4 is 0 Å². The van der Waals surface area contributed by atoms with Gasteiger partial charge in [0.25, 0.3) is 0 Å². The highest BCUT2D eigenvalue weighted by atomic mass is 32.1. The second-order valence-electron chi connectivity index (χ2n) is 2.92. The van der Waals surface area contributed by atoms with Crippen LogP contribution in [0.15, 0.2) is 22.6 Å². The summed E-state index contributed by atoms with van der Waals surface area (Å²) in [4.78, 5) is 3.90. The van der Waals surface area contributed by atoms with Crippen LogP contribution in [-0.2, 0) is 11.3 Å². The highest BCUT2D eigenvalue weighted by Crippen LogP contribution is 2.16. The smallest absolute Gasteiger partial charge is 0.0805 e. The Balaban J connectivity index is 2.38. The molecule has 0 amide bonds. The van der Waals surface area contributed by atoms with Crippen molar-refractivity contribution in [3.8, 4) is 0 Å². The molecule has 0 spiro atoms. The van der Waals surface area contributed by atoms with Gasteiger partial charge in [0.1, 0.15) is 0 Å². The van der Waals surface area contributed by atoms with Crippen LogP contribution in [0.25, 0.3) is 16.5 Å². The van der Waals surface area contributed by atoms with Gasteiger partial charge in [-0.3, -0.25) is 0 Å².